The van der Waals surface area contributed by atoms with Gasteiger partial charge in [0.1, 0.15) is 5.75 Å². The van der Waals surface area contributed by atoms with Crippen LogP contribution in [0.2, 0.25) is 5.02 Å². The Balaban J connectivity index is 2.12. The molecule has 0 radical (unpaired) electrons. The van der Waals surface area contributed by atoms with Crippen LogP contribution in [0.3, 0.4) is 0 Å². The third kappa shape index (κ3) is 4.87. The lowest BCUT2D eigenvalue weighted by molar-refractivity contribution is -0.137. The molecule has 2 aromatic carbocycles. The average Bonchev–Trinajstić information content (AvgIpc) is 2.55. The van der Waals surface area contributed by atoms with Gasteiger partial charge in [0.05, 0.1) is 23.4 Å². The Morgan fingerprint density at radius 2 is 1.72 bits per heavy atom. The lowest BCUT2D eigenvalue weighted by Gasteiger charge is -2.12. The summed E-state index contributed by atoms with van der Waals surface area (Å²) >= 11 is 5.76. The Morgan fingerprint density at radius 3 is 2.36 bits per heavy atom. The molecule has 0 atom stereocenters. The molecule has 0 aliphatic carbocycles. The lowest BCUT2D eigenvalue weighted by atomic mass is 10.2. The number of hydrogen-bond donors (Lipinski definition) is 2. The van der Waals surface area contributed by atoms with Gasteiger partial charge in [-0.3, -0.25) is 9.59 Å². The summed E-state index contributed by atoms with van der Waals surface area (Å²) in [5.41, 5.74) is -1.03. The highest BCUT2D eigenvalue weighted by atomic mass is 35.5. The van der Waals surface area contributed by atoms with Crippen LogP contribution in [0.25, 0.3) is 0 Å². The topological polar surface area (TPSA) is 67.4 Å². The largest absolute Gasteiger partial charge is 0.497 e. The molecule has 5 nitrogen and oxygen atoms in total. The molecule has 0 heterocycles. The van der Waals surface area contributed by atoms with Crippen molar-refractivity contribution in [1.29, 1.82) is 0 Å². The highest BCUT2D eigenvalue weighted by Gasteiger charge is 2.31. The fourth-order valence-corrected chi connectivity index (χ4v) is 2.03. The highest BCUT2D eigenvalue weighted by molar-refractivity contribution is 6.44. The third-order valence-electron chi connectivity index (χ3n) is 3.08. The number of anilines is 2. The van der Waals surface area contributed by atoms with Crippen LogP contribution in [-0.4, -0.2) is 18.9 Å². The second-order valence-electron chi connectivity index (χ2n) is 4.83. The van der Waals surface area contributed by atoms with Crippen LogP contribution in [-0.2, 0) is 15.8 Å². The van der Waals surface area contributed by atoms with Gasteiger partial charge in [0, 0.05) is 11.8 Å². The smallest absolute Gasteiger partial charge is 0.416 e. The number of carbonyl (C=O) groups excluding carboxylic acids is 2. The molecule has 0 bridgehead atoms. The zero-order valence-corrected chi connectivity index (χ0v) is 13.5. The number of halogens is 4. The van der Waals surface area contributed by atoms with Crippen molar-refractivity contribution in [2.24, 2.45) is 0 Å². The van der Waals surface area contributed by atoms with Gasteiger partial charge in [0.2, 0.25) is 0 Å². The van der Waals surface area contributed by atoms with Crippen molar-refractivity contribution in [1.82, 2.24) is 0 Å². The van der Waals surface area contributed by atoms with Crippen LogP contribution in [0.5, 0.6) is 5.75 Å². The summed E-state index contributed by atoms with van der Waals surface area (Å²) in [6.07, 6.45) is -4.60. The summed E-state index contributed by atoms with van der Waals surface area (Å²) in [6, 6.07) is 8.63. The molecular formula is C16H12ClF3N2O3. The molecule has 0 aliphatic heterocycles. The highest BCUT2D eigenvalue weighted by Crippen LogP contribution is 2.33. The maximum absolute atomic E-state index is 12.7. The molecule has 2 amide bonds. The number of alkyl halides is 3. The third-order valence-corrected chi connectivity index (χ3v) is 3.41. The van der Waals surface area contributed by atoms with Gasteiger partial charge in [-0.15, -0.1) is 0 Å². The van der Waals surface area contributed by atoms with Crippen LogP contribution in [0.15, 0.2) is 42.5 Å². The first-order valence-corrected chi connectivity index (χ1v) is 7.21. The molecule has 0 aliphatic rings. The molecule has 0 fully saturated rings. The van der Waals surface area contributed by atoms with Crippen LogP contribution in [0, 0.1) is 0 Å². The van der Waals surface area contributed by atoms with Crippen molar-refractivity contribution in [3.8, 4) is 5.75 Å². The van der Waals surface area contributed by atoms with E-state index in [4.69, 9.17) is 16.3 Å². The number of rotatable bonds is 3. The van der Waals surface area contributed by atoms with Crippen molar-refractivity contribution >= 4 is 34.8 Å². The maximum Gasteiger partial charge on any atom is 0.416 e. The van der Waals surface area contributed by atoms with Gasteiger partial charge in [-0.05, 0) is 30.3 Å². The van der Waals surface area contributed by atoms with E-state index in [2.05, 4.69) is 10.6 Å². The van der Waals surface area contributed by atoms with E-state index in [1.165, 1.54) is 19.2 Å². The number of nitrogens with one attached hydrogen (secondary N) is 2. The van der Waals surface area contributed by atoms with E-state index in [1.54, 1.807) is 12.1 Å². The standard InChI is InChI=1S/C16H12ClF3N2O3/c1-25-11-4-2-3-10(8-11)21-14(23)15(24)22-13-7-9(16(18,19)20)5-6-12(13)17/h2-8H,1H3,(H,21,23)(H,22,24). The summed E-state index contributed by atoms with van der Waals surface area (Å²) in [4.78, 5) is 23.8. The second-order valence-corrected chi connectivity index (χ2v) is 5.24. The summed E-state index contributed by atoms with van der Waals surface area (Å²) in [7, 11) is 1.43. The normalized spacial score (nSPS) is 10.9. The van der Waals surface area contributed by atoms with Gasteiger partial charge in [-0.25, -0.2) is 0 Å². The fraction of sp³-hybridized carbons (Fsp3) is 0.125. The summed E-state index contributed by atoms with van der Waals surface area (Å²) < 4.78 is 43.1. The van der Waals surface area contributed by atoms with E-state index in [0.29, 0.717) is 11.8 Å². The molecule has 0 saturated carbocycles. The predicted molar refractivity (Wildman–Crippen MR) is 86.7 cm³/mol. The number of hydrogen-bond acceptors (Lipinski definition) is 3. The van der Waals surface area contributed by atoms with E-state index < -0.39 is 23.6 Å². The van der Waals surface area contributed by atoms with Crippen molar-refractivity contribution < 1.29 is 27.5 Å². The van der Waals surface area contributed by atoms with Gasteiger partial charge in [0.15, 0.2) is 0 Å². The number of benzene rings is 2. The molecule has 2 aromatic rings. The monoisotopic (exact) mass is 372 g/mol. The van der Waals surface area contributed by atoms with Crippen molar-refractivity contribution in [3.05, 3.63) is 53.1 Å². The fourth-order valence-electron chi connectivity index (χ4n) is 1.87. The van der Waals surface area contributed by atoms with Gasteiger partial charge in [0.25, 0.3) is 0 Å². The minimum atomic E-state index is -4.60. The summed E-state index contributed by atoms with van der Waals surface area (Å²) in [6.45, 7) is 0. The Kier molecular flexibility index (Phi) is 5.53. The van der Waals surface area contributed by atoms with Crippen molar-refractivity contribution in [2.45, 2.75) is 6.18 Å². The molecule has 25 heavy (non-hydrogen) atoms. The van der Waals surface area contributed by atoms with Crippen molar-refractivity contribution in [2.75, 3.05) is 17.7 Å². The van der Waals surface area contributed by atoms with Gasteiger partial charge in [-0.2, -0.15) is 13.2 Å². The van der Waals surface area contributed by atoms with E-state index in [-0.39, 0.29) is 16.4 Å². The van der Waals surface area contributed by atoms with E-state index >= 15 is 0 Å². The maximum atomic E-state index is 12.7. The minimum absolute atomic E-state index is 0.129. The first-order chi connectivity index (χ1) is 11.7. The van der Waals surface area contributed by atoms with Gasteiger partial charge in [-0.1, -0.05) is 17.7 Å². The number of ether oxygens (including phenoxy) is 1. The number of carbonyl (C=O) groups is 2. The number of methoxy groups -OCH3 is 1. The van der Waals surface area contributed by atoms with Crippen LogP contribution < -0.4 is 15.4 Å². The molecule has 0 unspecified atom stereocenters. The lowest BCUT2D eigenvalue weighted by Crippen LogP contribution is -2.29. The Bertz CT molecular complexity index is 809. The average molecular weight is 373 g/mol. The molecule has 0 aromatic heterocycles. The molecule has 0 spiro atoms. The van der Waals surface area contributed by atoms with Crippen LogP contribution >= 0.6 is 11.6 Å². The molecule has 132 valence electrons. The predicted octanol–water partition coefficient (Wildman–Crippen LogP) is 3.94. The molecule has 9 heteroatoms. The minimum Gasteiger partial charge on any atom is -0.497 e. The van der Waals surface area contributed by atoms with E-state index in [0.717, 1.165) is 12.1 Å². The Labute approximate surface area is 145 Å². The van der Waals surface area contributed by atoms with Crippen molar-refractivity contribution in [3.63, 3.8) is 0 Å². The molecule has 2 rings (SSSR count). The SMILES string of the molecule is COc1cccc(NC(=O)C(=O)Nc2cc(C(F)(F)F)ccc2Cl)c1. The molecule has 0 saturated heterocycles. The summed E-state index contributed by atoms with van der Waals surface area (Å²) in [5.74, 6) is -1.77. The quantitative estimate of drug-likeness (QED) is 0.802. The van der Waals surface area contributed by atoms with E-state index in [1.807, 2.05) is 0 Å². The van der Waals surface area contributed by atoms with Crippen LogP contribution in [0.4, 0.5) is 24.5 Å². The van der Waals surface area contributed by atoms with Gasteiger partial charge < -0.3 is 15.4 Å². The Hall–Kier alpha value is -2.74. The van der Waals surface area contributed by atoms with E-state index in [9.17, 15) is 22.8 Å². The summed E-state index contributed by atoms with van der Waals surface area (Å²) in [5, 5.41) is 4.23. The number of amides is 2. The first-order valence-electron chi connectivity index (χ1n) is 6.84. The zero-order valence-electron chi connectivity index (χ0n) is 12.8. The van der Waals surface area contributed by atoms with Crippen LogP contribution in [0.1, 0.15) is 5.56 Å². The molecular weight excluding hydrogens is 361 g/mol. The zero-order chi connectivity index (χ0) is 18.6. The molecule has 2 N–H and O–H groups in total. The Morgan fingerprint density at radius 1 is 1.04 bits per heavy atom. The first kappa shape index (κ1) is 18.6. The second kappa shape index (κ2) is 7.43. The van der Waals surface area contributed by atoms with Gasteiger partial charge >= 0.3 is 18.0 Å².